The van der Waals surface area contributed by atoms with Crippen molar-refractivity contribution in [3.05, 3.63) is 11.6 Å². The van der Waals surface area contributed by atoms with E-state index in [9.17, 15) is 4.79 Å². The molecule has 80 valence electrons. The lowest BCUT2D eigenvalue weighted by molar-refractivity contribution is -0.134. The minimum absolute atomic E-state index is 0.196. The van der Waals surface area contributed by atoms with Crippen molar-refractivity contribution in [3.63, 3.8) is 0 Å². The van der Waals surface area contributed by atoms with Gasteiger partial charge in [-0.25, -0.2) is 4.79 Å². The molecule has 0 aromatic rings. The van der Waals surface area contributed by atoms with Gasteiger partial charge in [-0.1, -0.05) is 13.8 Å². The molecule has 0 fully saturated rings. The molecule has 0 aromatic carbocycles. The first-order valence-electron chi connectivity index (χ1n) is 5.23. The van der Waals surface area contributed by atoms with Crippen molar-refractivity contribution in [2.75, 3.05) is 20.2 Å². The summed E-state index contributed by atoms with van der Waals surface area (Å²) >= 11 is 0. The summed E-state index contributed by atoms with van der Waals surface area (Å²) in [4.78, 5) is 13.1. The first-order valence-corrected chi connectivity index (χ1v) is 5.23. The Bertz CT molecular complexity index is 231. The fourth-order valence-corrected chi connectivity index (χ4v) is 1.87. The zero-order valence-electron chi connectivity index (χ0n) is 9.25. The molecule has 1 aliphatic heterocycles. The second kappa shape index (κ2) is 5.15. The maximum atomic E-state index is 10.8. The van der Waals surface area contributed by atoms with Crippen molar-refractivity contribution in [3.8, 4) is 0 Å². The summed E-state index contributed by atoms with van der Waals surface area (Å²) in [6.45, 7) is 5.70. The van der Waals surface area contributed by atoms with Gasteiger partial charge in [0.2, 0.25) is 0 Å². The highest BCUT2D eigenvalue weighted by molar-refractivity contribution is 5.85. The Labute approximate surface area is 85.7 Å². The minimum Gasteiger partial charge on any atom is -0.458 e. The van der Waals surface area contributed by atoms with Crippen molar-refractivity contribution in [2.45, 2.75) is 32.7 Å². The van der Waals surface area contributed by atoms with Crippen LogP contribution in [-0.4, -0.2) is 37.1 Å². The van der Waals surface area contributed by atoms with Crippen LogP contribution in [-0.2, 0) is 9.53 Å². The molecule has 0 saturated carbocycles. The van der Waals surface area contributed by atoms with E-state index in [1.807, 2.05) is 0 Å². The number of cyclic esters (lactones) is 1. The number of carbonyl (C=O) groups excluding carboxylic acids is 1. The largest absolute Gasteiger partial charge is 0.458 e. The number of ether oxygens (including phenoxy) is 1. The van der Waals surface area contributed by atoms with Crippen LogP contribution in [0, 0.1) is 0 Å². The Morgan fingerprint density at radius 1 is 1.50 bits per heavy atom. The molecule has 0 N–H and O–H groups in total. The van der Waals surface area contributed by atoms with E-state index in [0.29, 0.717) is 12.6 Å². The lowest BCUT2D eigenvalue weighted by Gasteiger charge is -2.25. The highest BCUT2D eigenvalue weighted by Gasteiger charge is 2.17. The molecule has 14 heavy (non-hydrogen) atoms. The maximum Gasteiger partial charge on any atom is 0.331 e. The molecule has 0 aromatic heterocycles. The van der Waals surface area contributed by atoms with E-state index in [0.717, 1.165) is 25.0 Å². The molecular weight excluding hydrogens is 178 g/mol. The van der Waals surface area contributed by atoms with E-state index < -0.39 is 0 Å². The van der Waals surface area contributed by atoms with Crippen LogP contribution in [0.3, 0.4) is 0 Å². The van der Waals surface area contributed by atoms with Crippen molar-refractivity contribution >= 4 is 5.97 Å². The average Bonchev–Trinajstić information content (AvgIpc) is 2.53. The summed E-state index contributed by atoms with van der Waals surface area (Å²) in [5.74, 6) is -0.196. The van der Waals surface area contributed by atoms with Gasteiger partial charge in [0, 0.05) is 18.7 Å². The highest BCUT2D eigenvalue weighted by atomic mass is 16.5. The first-order chi connectivity index (χ1) is 6.67. The number of hydrogen-bond donors (Lipinski definition) is 0. The molecule has 3 nitrogen and oxygen atoms in total. The predicted molar refractivity (Wildman–Crippen MR) is 56.0 cm³/mol. The van der Waals surface area contributed by atoms with Gasteiger partial charge < -0.3 is 4.74 Å². The number of nitrogens with zero attached hydrogens (tertiary/aromatic N) is 1. The molecule has 0 radical (unpaired) electrons. The fraction of sp³-hybridized carbons (Fsp3) is 0.727. The number of esters is 1. The van der Waals surface area contributed by atoms with Gasteiger partial charge in [0.25, 0.3) is 0 Å². The summed E-state index contributed by atoms with van der Waals surface area (Å²) in [5, 5.41) is 0. The highest BCUT2D eigenvalue weighted by Crippen LogP contribution is 2.12. The standard InChI is InChI=1S/C11H19NO2/c1-4-10(5-2)12(3)7-9-6-11(13)14-8-9/h6,10H,4-5,7-8H2,1-3H3. The zero-order valence-corrected chi connectivity index (χ0v) is 9.25. The van der Waals surface area contributed by atoms with Crippen LogP contribution in [0.25, 0.3) is 0 Å². The van der Waals surface area contributed by atoms with E-state index in [1.165, 1.54) is 0 Å². The molecule has 0 aliphatic carbocycles. The van der Waals surface area contributed by atoms with Crippen molar-refractivity contribution in [2.24, 2.45) is 0 Å². The van der Waals surface area contributed by atoms with Crippen LogP contribution < -0.4 is 0 Å². The Hall–Kier alpha value is -0.830. The molecule has 0 saturated heterocycles. The SMILES string of the molecule is CCC(CC)N(C)CC1=CC(=O)OC1. The Morgan fingerprint density at radius 3 is 2.57 bits per heavy atom. The molecule has 1 aliphatic rings. The van der Waals surface area contributed by atoms with Crippen LogP contribution in [0.5, 0.6) is 0 Å². The minimum atomic E-state index is -0.196. The van der Waals surface area contributed by atoms with Crippen LogP contribution >= 0.6 is 0 Å². The van der Waals surface area contributed by atoms with Crippen LogP contribution in [0.2, 0.25) is 0 Å². The molecule has 0 bridgehead atoms. The van der Waals surface area contributed by atoms with Gasteiger partial charge >= 0.3 is 5.97 Å². The molecular formula is C11H19NO2. The van der Waals surface area contributed by atoms with Gasteiger partial charge in [0.1, 0.15) is 6.61 Å². The number of rotatable bonds is 5. The lowest BCUT2D eigenvalue weighted by Crippen LogP contribution is -2.32. The summed E-state index contributed by atoms with van der Waals surface area (Å²) in [7, 11) is 2.10. The number of carbonyl (C=O) groups is 1. The molecule has 0 unspecified atom stereocenters. The maximum absolute atomic E-state index is 10.8. The Morgan fingerprint density at radius 2 is 2.14 bits per heavy atom. The van der Waals surface area contributed by atoms with E-state index >= 15 is 0 Å². The van der Waals surface area contributed by atoms with E-state index in [4.69, 9.17) is 4.74 Å². The third-order valence-corrected chi connectivity index (χ3v) is 2.74. The molecule has 1 rings (SSSR count). The number of likely N-dealkylation sites (N-methyl/N-ethyl adjacent to an activating group) is 1. The van der Waals surface area contributed by atoms with Crippen molar-refractivity contribution < 1.29 is 9.53 Å². The Balaban J connectivity index is 2.43. The second-order valence-corrected chi connectivity index (χ2v) is 3.80. The van der Waals surface area contributed by atoms with Crippen LogP contribution in [0.15, 0.2) is 11.6 Å². The van der Waals surface area contributed by atoms with E-state index in [-0.39, 0.29) is 5.97 Å². The topological polar surface area (TPSA) is 29.5 Å². The molecule has 0 atom stereocenters. The first kappa shape index (κ1) is 11.2. The quantitative estimate of drug-likeness (QED) is 0.627. The van der Waals surface area contributed by atoms with Gasteiger partial charge in [0.15, 0.2) is 0 Å². The summed E-state index contributed by atoms with van der Waals surface area (Å²) in [5.41, 5.74) is 1.09. The zero-order chi connectivity index (χ0) is 10.6. The van der Waals surface area contributed by atoms with Gasteiger partial charge in [0.05, 0.1) is 0 Å². The molecule has 0 amide bonds. The summed E-state index contributed by atoms with van der Waals surface area (Å²) in [6.07, 6.45) is 3.91. The van der Waals surface area contributed by atoms with Crippen molar-refractivity contribution in [1.29, 1.82) is 0 Å². The van der Waals surface area contributed by atoms with E-state index in [1.54, 1.807) is 6.08 Å². The number of hydrogen-bond acceptors (Lipinski definition) is 3. The lowest BCUT2D eigenvalue weighted by atomic mass is 10.1. The van der Waals surface area contributed by atoms with E-state index in [2.05, 4.69) is 25.8 Å². The Kier molecular flexibility index (Phi) is 4.14. The van der Waals surface area contributed by atoms with Gasteiger partial charge in [-0.05, 0) is 25.5 Å². The average molecular weight is 197 g/mol. The van der Waals surface area contributed by atoms with Crippen LogP contribution in [0.4, 0.5) is 0 Å². The third kappa shape index (κ3) is 2.84. The van der Waals surface area contributed by atoms with Gasteiger partial charge in [-0.3, -0.25) is 4.90 Å². The van der Waals surface area contributed by atoms with Gasteiger partial charge in [-0.15, -0.1) is 0 Å². The molecule has 3 heteroatoms. The van der Waals surface area contributed by atoms with Crippen molar-refractivity contribution in [1.82, 2.24) is 4.90 Å². The third-order valence-electron chi connectivity index (χ3n) is 2.74. The fourth-order valence-electron chi connectivity index (χ4n) is 1.87. The molecule has 1 heterocycles. The van der Waals surface area contributed by atoms with Crippen LogP contribution in [0.1, 0.15) is 26.7 Å². The summed E-state index contributed by atoms with van der Waals surface area (Å²) in [6, 6.07) is 0.603. The second-order valence-electron chi connectivity index (χ2n) is 3.80. The predicted octanol–water partition coefficient (Wildman–Crippen LogP) is 1.59. The van der Waals surface area contributed by atoms with Gasteiger partial charge in [-0.2, -0.15) is 0 Å². The summed E-state index contributed by atoms with van der Waals surface area (Å²) < 4.78 is 4.86. The molecule has 0 spiro atoms. The monoisotopic (exact) mass is 197 g/mol. The normalized spacial score (nSPS) is 16.4. The smallest absolute Gasteiger partial charge is 0.331 e.